The van der Waals surface area contributed by atoms with E-state index in [1.165, 1.54) is 14.2 Å². The zero-order valence-electron chi connectivity index (χ0n) is 11.9. The van der Waals surface area contributed by atoms with Gasteiger partial charge >= 0.3 is 0 Å². The summed E-state index contributed by atoms with van der Waals surface area (Å²) in [5, 5.41) is 5.18. The highest BCUT2D eigenvalue weighted by atomic mass is 35.5. The van der Waals surface area contributed by atoms with Crippen molar-refractivity contribution in [3.8, 4) is 11.5 Å². The van der Waals surface area contributed by atoms with Crippen LogP contribution >= 0.6 is 22.9 Å². The molecule has 2 heterocycles. The Morgan fingerprint density at radius 3 is 2.68 bits per heavy atom. The van der Waals surface area contributed by atoms with Crippen LogP contribution in [-0.2, 0) is 0 Å². The molecule has 0 spiro atoms. The number of fused-ring (bicyclic) bond motifs is 1. The monoisotopic (exact) mass is 336 g/mol. The van der Waals surface area contributed by atoms with Crippen LogP contribution in [0.15, 0.2) is 29.6 Å². The number of halogens is 1. The van der Waals surface area contributed by atoms with Gasteiger partial charge in [0.25, 0.3) is 5.91 Å². The molecule has 3 rings (SSSR count). The average molecular weight is 337 g/mol. The van der Waals surface area contributed by atoms with Crippen molar-refractivity contribution in [1.29, 1.82) is 0 Å². The number of benzene rings is 1. The summed E-state index contributed by atoms with van der Waals surface area (Å²) in [6.45, 7) is 0. The predicted molar refractivity (Wildman–Crippen MR) is 88.7 cm³/mol. The Hall–Kier alpha value is -2.18. The van der Waals surface area contributed by atoms with Crippen molar-refractivity contribution in [3.63, 3.8) is 0 Å². The molecule has 0 aliphatic carbocycles. The highest BCUT2D eigenvalue weighted by Gasteiger charge is 2.15. The summed E-state index contributed by atoms with van der Waals surface area (Å²) in [7, 11) is 3.02. The number of aromatic amines is 1. The highest BCUT2D eigenvalue weighted by molar-refractivity contribution is 7.17. The first-order chi connectivity index (χ1) is 10.6. The molecular formula is C15H13ClN2O3S. The standard InChI is InChI=1S/C15H13ClN2O3S/c1-20-12-6-10(13(21-2)5-8(12)16)18-15(19)11-7-14-9(17-11)3-4-22-14/h3-7,17H,1-2H3,(H,18,19). The van der Waals surface area contributed by atoms with E-state index in [0.29, 0.717) is 27.9 Å². The van der Waals surface area contributed by atoms with Crippen LogP contribution in [0.1, 0.15) is 10.5 Å². The molecule has 7 heteroatoms. The molecule has 0 saturated carbocycles. The Balaban J connectivity index is 1.91. The van der Waals surface area contributed by atoms with Gasteiger partial charge in [0.2, 0.25) is 0 Å². The van der Waals surface area contributed by atoms with E-state index in [0.717, 1.165) is 10.2 Å². The molecule has 2 aromatic heterocycles. The number of amides is 1. The van der Waals surface area contributed by atoms with E-state index in [9.17, 15) is 4.79 Å². The van der Waals surface area contributed by atoms with Crippen LogP contribution < -0.4 is 14.8 Å². The number of hydrogen-bond donors (Lipinski definition) is 2. The fraction of sp³-hybridized carbons (Fsp3) is 0.133. The zero-order chi connectivity index (χ0) is 15.7. The van der Waals surface area contributed by atoms with E-state index in [2.05, 4.69) is 10.3 Å². The van der Waals surface area contributed by atoms with Gasteiger partial charge in [0, 0.05) is 12.1 Å². The Kier molecular flexibility index (Phi) is 3.96. The lowest BCUT2D eigenvalue weighted by molar-refractivity contribution is 0.102. The molecule has 0 aliphatic rings. The summed E-state index contributed by atoms with van der Waals surface area (Å²) < 4.78 is 11.4. The van der Waals surface area contributed by atoms with Gasteiger partial charge in [0.15, 0.2) is 0 Å². The first kappa shape index (κ1) is 14.7. The smallest absolute Gasteiger partial charge is 0.272 e. The van der Waals surface area contributed by atoms with Crippen LogP contribution in [0.3, 0.4) is 0 Å². The topological polar surface area (TPSA) is 63.3 Å². The number of aromatic nitrogens is 1. The minimum absolute atomic E-state index is 0.258. The van der Waals surface area contributed by atoms with Gasteiger partial charge in [-0.2, -0.15) is 0 Å². The third-order valence-corrected chi connectivity index (χ3v) is 4.37. The quantitative estimate of drug-likeness (QED) is 0.752. The summed E-state index contributed by atoms with van der Waals surface area (Å²) >= 11 is 7.62. The molecule has 0 fully saturated rings. The number of rotatable bonds is 4. The molecule has 1 aromatic carbocycles. The molecule has 5 nitrogen and oxygen atoms in total. The van der Waals surface area contributed by atoms with E-state index in [1.807, 2.05) is 17.5 Å². The minimum atomic E-state index is -0.258. The summed E-state index contributed by atoms with van der Waals surface area (Å²) in [4.78, 5) is 15.4. The molecule has 1 amide bonds. The van der Waals surface area contributed by atoms with E-state index >= 15 is 0 Å². The maximum Gasteiger partial charge on any atom is 0.272 e. The van der Waals surface area contributed by atoms with E-state index in [-0.39, 0.29) is 5.91 Å². The number of carbonyl (C=O) groups is 1. The minimum Gasteiger partial charge on any atom is -0.495 e. The number of hydrogen-bond acceptors (Lipinski definition) is 4. The van der Waals surface area contributed by atoms with Crippen LogP contribution in [0.2, 0.25) is 5.02 Å². The summed E-state index contributed by atoms with van der Waals surface area (Å²) in [6.07, 6.45) is 0. The van der Waals surface area contributed by atoms with Crippen LogP contribution in [0.25, 0.3) is 10.2 Å². The maximum atomic E-state index is 12.4. The molecule has 114 valence electrons. The van der Waals surface area contributed by atoms with Gasteiger partial charge in [-0.05, 0) is 17.5 Å². The van der Waals surface area contributed by atoms with Crippen molar-refractivity contribution in [1.82, 2.24) is 4.98 Å². The fourth-order valence-electron chi connectivity index (χ4n) is 2.12. The van der Waals surface area contributed by atoms with Crippen LogP contribution in [0.5, 0.6) is 11.5 Å². The Bertz CT molecular complexity index is 812. The molecule has 0 saturated heterocycles. The summed E-state index contributed by atoms with van der Waals surface area (Å²) in [6, 6.07) is 6.98. The van der Waals surface area contributed by atoms with Crippen molar-refractivity contribution in [2.24, 2.45) is 0 Å². The number of H-pyrrole nitrogens is 1. The molecule has 0 aliphatic heterocycles. The normalized spacial score (nSPS) is 10.7. The first-order valence-electron chi connectivity index (χ1n) is 6.41. The van der Waals surface area contributed by atoms with Gasteiger partial charge in [-0.1, -0.05) is 11.6 Å². The van der Waals surface area contributed by atoms with E-state index in [1.54, 1.807) is 23.5 Å². The molecule has 2 N–H and O–H groups in total. The summed E-state index contributed by atoms with van der Waals surface area (Å²) in [5.41, 5.74) is 1.92. The molecule has 0 unspecified atom stereocenters. The SMILES string of the molecule is COc1cc(NC(=O)c2cc3sccc3[nH]2)c(OC)cc1Cl. The number of ether oxygens (including phenoxy) is 2. The lowest BCUT2D eigenvalue weighted by atomic mass is 10.2. The molecular weight excluding hydrogens is 324 g/mol. The highest BCUT2D eigenvalue weighted by Crippen LogP contribution is 2.36. The van der Waals surface area contributed by atoms with Crippen LogP contribution in [0.4, 0.5) is 5.69 Å². The van der Waals surface area contributed by atoms with Gasteiger partial charge in [-0.25, -0.2) is 0 Å². The number of anilines is 1. The van der Waals surface area contributed by atoms with Crippen molar-refractivity contribution >= 4 is 44.7 Å². The lowest BCUT2D eigenvalue weighted by Crippen LogP contribution is -2.13. The largest absolute Gasteiger partial charge is 0.495 e. The lowest BCUT2D eigenvalue weighted by Gasteiger charge is -2.12. The number of methoxy groups -OCH3 is 2. The van der Waals surface area contributed by atoms with Gasteiger partial charge in [-0.3, -0.25) is 4.79 Å². The Morgan fingerprint density at radius 2 is 2.00 bits per heavy atom. The van der Waals surface area contributed by atoms with Gasteiger partial charge in [-0.15, -0.1) is 11.3 Å². The Labute approximate surface area is 135 Å². The second-order valence-corrected chi connectivity index (χ2v) is 5.88. The van der Waals surface area contributed by atoms with Gasteiger partial charge in [0.05, 0.1) is 35.1 Å². The molecule has 0 bridgehead atoms. The van der Waals surface area contributed by atoms with E-state index in [4.69, 9.17) is 21.1 Å². The molecule has 22 heavy (non-hydrogen) atoms. The Morgan fingerprint density at radius 1 is 1.23 bits per heavy atom. The van der Waals surface area contributed by atoms with Crippen molar-refractivity contribution in [2.75, 3.05) is 19.5 Å². The molecule has 3 aromatic rings. The van der Waals surface area contributed by atoms with Crippen molar-refractivity contribution in [3.05, 3.63) is 40.4 Å². The molecule has 0 atom stereocenters. The number of nitrogens with one attached hydrogen (secondary N) is 2. The second-order valence-electron chi connectivity index (χ2n) is 4.52. The third-order valence-electron chi connectivity index (χ3n) is 3.21. The van der Waals surface area contributed by atoms with Gasteiger partial charge in [0.1, 0.15) is 17.2 Å². The first-order valence-corrected chi connectivity index (χ1v) is 7.67. The van der Waals surface area contributed by atoms with E-state index < -0.39 is 0 Å². The summed E-state index contributed by atoms with van der Waals surface area (Å²) in [5.74, 6) is 0.670. The van der Waals surface area contributed by atoms with Crippen molar-refractivity contribution in [2.45, 2.75) is 0 Å². The number of carbonyl (C=O) groups excluding carboxylic acids is 1. The van der Waals surface area contributed by atoms with Crippen molar-refractivity contribution < 1.29 is 14.3 Å². The fourth-order valence-corrected chi connectivity index (χ4v) is 3.13. The van der Waals surface area contributed by atoms with Crippen LogP contribution in [-0.4, -0.2) is 25.1 Å². The average Bonchev–Trinajstić information content (AvgIpc) is 3.09. The zero-order valence-corrected chi connectivity index (χ0v) is 13.5. The third kappa shape index (κ3) is 2.63. The second kappa shape index (κ2) is 5.90. The number of thiophene rings is 1. The maximum absolute atomic E-state index is 12.4. The van der Waals surface area contributed by atoms with Crippen LogP contribution in [0, 0.1) is 0 Å². The predicted octanol–water partition coefficient (Wildman–Crippen LogP) is 4.15. The molecule has 0 radical (unpaired) electrons. The van der Waals surface area contributed by atoms with Gasteiger partial charge < -0.3 is 19.8 Å².